The molecule has 0 saturated carbocycles. The predicted molar refractivity (Wildman–Crippen MR) is 61.6 cm³/mol. The van der Waals surface area contributed by atoms with Gasteiger partial charge in [-0.05, 0) is 37.9 Å². The lowest BCUT2D eigenvalue weighted by Crippen LogP contribution is -2.24. The fraction of sp³-hybridized carbons (Fsp3) is 0.250. The van der Waals surface area contributed by atoms with Crippen molar-refractivity contribution in [3.05, 3.63) is 26.9 Å². The monoisotopic (exact) mass is 337 g/mol. The number of aromatic nitrogens is 1. The molecule has 1 rings (SSSR count). The molecule has 0 spiro atoms. The van der Waals surface area contributed by atoms with Gasteiger partial charge < -0.3 is 5.73 Å². The van der Waals surface area contributed by atoms with Crippen molar-refractivity contribution in [1.82, 2.24) is 10.5 Å². The summed E-state index contributed by atoms with van der Waals surface area (Å²) in [7, 11) is 0. The summed E-state index contributed by atoms with van der Waals surface area (Å²) in [6.45, 7) is 0.231. The molecule has 0 aromatic carbocycles. The van der Waals surface area contributed by atoms with E-state index in [-0.39, 0.29) is 6.61 Å². The second-order valence-electron chi connectivity index (χ2n) is 2.66. The van der Waals surface area contributed by atoms with Crippen LogP contribution in [0.4, 0.5) is 0 Å². The molecular formula is C8H9Br2N3O2. The van der Waals surface area contributed by atoms with E-state index in [1.807, 2.05) is 6.07 Å². The predicted octanol–water partition coefficient (Wildman–Crippen LogP) is 1.11. The van der Waals surface area contributed by atoms with E-state index in [9.17, 15) is 4.79 Å². The first kappa shape index (κ1) is 12.6. The van der Waals surface area contributed by atoms with Crippen LogP contribution in [0.3, 0.4) is 0 Å². The van der Waals surface area contributed by atoms with Gasteiger partial charge >= 0.3 is 0 Å². The number of primary amides is 1. The summed E-state index contributed by atoms with van der Waals surface area (Å²) in [5, 5.41) is 0. The molecule has 5 nitrogen and oxygen atoms in total. The number of nitrogens with one attached hydrogen (secondary N) is 1. The molecular weight excluding hydrogens is 330 g/mol. The Hall–Kier alpha value is -0.500. The number of pyridine rings is 1. The van der Waals surface area contributed by atoms with Crippen LogP contribution < -0.4 is 11.2 Å². The summed E-state index contributed by atoms with van der Waals surface area (Å²) in [6.07, 6.45) is 1.68. The summed E-state index contributed by atoms with van der Waals surface area (Å²) in [5.74, 6) is -0.523. The largest absolute Gasteiger partial charge is 0.368 e. The molecule has 7 heteroatoms. The smallest absolute Gasteiger partial charge is 0.245 e. The Kier molecular flexibility index (Phi) is 5.16. The van der Waals surface area contributed by atoms with Gasteiger partial charge in [0.25, 0.3) is 0 Å². The first-order valence-corrected chi connectivity index (χ1v) is 5.61. The minimum atomic E-state index is -0.523. The zero-order chi connectivity index (χ0) is 11.3. The van der Waals surface area contributed by atoms with Gasteiger partial charge in [0.2, 0.25) is 5.91 Å². The Morgan fingerprint density at radius 1 is 1.60 bits per heavy atom. The molecule has 1 heterocycles. The van der Waals surface area contributed by atoms with Crippen LogP contribution in [-0.4, -0.2) is 17.5 Å². The number of hydrogen-bond donors (Lipinski definition) is 2. The summed E-state index contributed by atoms with van der Waals surface area (Å²) in [6, 6.07) is 1.87. The second kappa shape index (κ2) is 6.16. The van der Waals surface area contributed by atoms with Crippen molar-refractivity contribution in [2.75, 3.05) is 6.61 Å². The molecule has 0 saturated heterocycles. The number of hydroxylamine groups is 1. The maximum absolute atomic E-state index is 10.3. The quantitative estimate of drug-likeness (QED) is 0.623. The summed E-state index contributed by atoms with van der Waals surface area (Å²) in [4.78, 5) is 19.3. The van der Waals surface area contributed by atoms with Gasteiger partial charge in [-0.3, -0.25) is 14.6 Å². The van der Waals surface area contributed by atoms with Crippen LogP contribution in [0.15, 0.2) is 21.2 Å². The van der Waals surface area contributed by atoms with E-state index >= 15 is 0 Å². The number of carbonyl (C=O) groups excluding carboxylic acids is 1. The molecule has 0 aliphatic heterocycles. The molecule has 0 aliphatic carbocycles. The average Bonchev–Trinajstić information content (AvgIpc) is 2.14. The molecule has 0 fully saturated rings. The Morgan fingerprint density at radius 3 is 2.93 bits per heavy atom. The van der Waals surface area contributed by atoms with Crippen LogP contribution in [0.25, 0.3) is 0 Å². The van der Waals surface area contributed by atoms with E-state index in [4.69, 9.17) is 10.6 Å². The summed E-state index contributed by atoms with van der Waals surface area (Å²) >= 11 is 6.64. The topological polar surface area (TPSA) is 77.2 Å². The van der Waals surface area contributed by atoms with Crippen molar-refractivity contribution in [3.8, 4) is 0 Å². The van der Waals surface area contributed by atoms with Gasteiger partial charge in [-0.15, -0.1) is 0 Å². The Labute approximate surface area is 104 Å². The molecule has 0 radical (unpaired) electrons. The Morgan fingerprint density at radius 2 is 2.33 bits per heavy atom. The lowest BCUT2D eigenvalue weighted by molar-refractivity contribution is -0.125. The van der Waals surface area contributed by atoms with E-state index in [0.29, 0.717) is 6.54 Å². The summed E-state index contributed by atoms with van der Waals surface area (Å²) < 4.78 is 1.74. The van der Waals surface area contributed by atoms with Gasteiger partial charge in [0.1, 0.15) is 6.61 Å². The lowest BCUT2D eigenvalue weighted by atomic mass is 10.3. The van der Waals surface area contributed by atoms with Crippen LogP contribution in [0.2, 0.25) is 0 Å². The number of carbonyl (C=O) groups is 1. The van der Waals surface area contributed by atoms with Crippen molar-refractivity contribution in [3.63, 3.8) is 0 Å². The van der Waals surface area contributed by atoms with Gasteiger partial charge in [0, 0.05) is 15.1 Å². The fourth-order valence-corrected chi connectivity index (χ4v) is 1.94. The Bertz CT molecular complexity index is 360. The first-order chi connectivity index (χ1) is 7.09. The van der Waals surface area contributed by atoms with Crippen LogP contribution in [-0.2, 0) is 16.2 Å². The van der Waals surface area contributed by atoms with E-state index in [1.165, 1.54) is 0 Å². The molecule has 0 aliphatic rings. The van der Waals surface area contributed by atoms with Crippen LogP contribution in [0.5, 0.6) is 0 Å². The highest BCUT2D eigenvalue weighted by atomic mass is 79.9. The molecule has 0 unspecified atom stereocenters. The Balaban J connectivity index is 2.40. The number of amides is 1. The molecule has 3 N–H and O–H groups in total. The zero-order valence-corrected chi connectivity index (χ0v) is 10.8. The van der Waals surface area contributed by atoms with Crippen LogP contribution in [0.1, 0.15) is 5.69 Å². The molecule has 1 aromatic rings. The highest BCUT2D eigenvalue weighted by Crippen LogP contribution is 2.19. The number of hydrogen-bond acceptors (Lipinski definition) is 4. The molecule has 1 amide bonds. The van der Waals surface area contributed by atoms with Gasteiger partial charge in [-0.2, -0.15) is 5.48 Å². The maximum Gasteiger partial charge on any atom is 0.245 e. The van der Waals surface area contributed by atoms with Crippen molar-refractivity contribution < 1.29 is 9.63 Å². The van der Waals surface area contributed by atoms with Crippen molar-refractivity contribution in [2.45, 2.75) is 6.54 Å². The van der Waals surface area contributed by atoms with Gasteiger partial charge in [0.05, 0.1) is 12.2 Å². The number of halogens is 2. The minimum absolute atomic E-state index is 0.159. The summed E-state index contributed by atoms with van der Waals surface area (Å²) in [5.41, 5.74) is 8.25. The van der Waals surface area contributed by atoms with Gasteiger partial charge in [0.15, 0.2) is 0 Å². The maximum atomic E-state index is 10.3. The van der Waals surface area contributed by atoms with Crippen molar-refractivity contribution in [2.24, 2.45) is 5.73 Å². The van der Waals surface area contributed by atoms with E-state index in [0.717, 1.165) is 14.6 Å². The highest BCUT2D eigenvalue weighted by molar-refractivity contribution is 9.11. The number of nitrogens with zero attached hydrogens (tertiary/aromatic N) is 1. The lowest BCUT2D eigenvalue weighted by Gasteiger charge is -2.05. The van der Waals surface area contributed by atoms with E-state index < -0.39 is 5.91 Å². The van der Waals surface area contributed by atoms with Gasteiger partial charge in [-0.1, -0.05) is 0 Å². The fourth-order valence-electron chi connectivity index (χ4n) is 0.815. The molecule has 15 heavy (non-hydrogen) atoms. The van der Waals surface area contributed by atoms with Crippen LogP contribution in [0, 0.1) is 0 Å². The highest BCUT2D eigenvalue weighted by Gasteiger charge is 2.02. The van der Waals surface area contributed by atoms with Gasteiger partial charge in [-0.25, -0.2) is 0 Å². The zero-order valence-electron chi connectivity index (χ0n) is 7.67. The van der Waals surface area contributed by atoms with Crippen LogP contribution >= 0.6 is 31.9 Å². The number of nitrogens with two attached hydrogens (primary N) is 1. The molecule has 82 valence electrons. The first-order valence-electron chi connectivity index (χ1n) is 4.02. The molecule has 0 atom stereocenters. The third kappa shape index (κ3) is 4.70. The number of rotatable bonds is 5. The standard InChI is InChI=1S/C8H9Br2N3O2/c9-5-1-6(10)7(12-2-5)3-13-15-4-8(11)14/h1-2,13H,3-4H2,(H2,11,14). The normalized spacial score (nSPS) is 10.3. The molecule has 1 aromatic heterocycles. The second-order valence-corrected chi connectivity index (χ2v) is 4.43. The van der Waals surface area contributed by atoms with E-state index in [1.54, 1.807) is 6.20 Å². The third-order valence-electron chi connectivity index (χ3n) is 1.44. The average molecular weight is 339 g/mol. The molecule has 0 bridgehead atoms. The SMILES string of the molecule is NC(=O)CONCc1ncc(Br)cc1Br. The van der Waals surface area contributed by atoms with E-state index in [2.05, 4.69) is 42.3 Å². The van der Waals surface area contributed by atoms with Crippen molar-refractivity contribution >= 4 is 37.8 Å². The minimum Gasteiger partial charge on any atom is -0.368 e. The third-order valence-corrected chi connectivity index (χ3v) is 2.56. The van der Waals surface area contributed by atoms with Crippen molar-refractivity contribution in [1.29, 1.82) is 0 Å².